The second-order valence-electron chi connectivity index (χ2n) is 5.04. The third-order valence-electron chi connectivity index (χ3n) is 2.79. The second kappa shape index (κ2) is 7.66. The van der Waals surface area contributed by atoms with Crippen LogP contribution in [0.3, 0.4) is 0 Å². The minimum Gasteiger partial charge on any atom is -0.491 e. The smallest absolute Gasteiger partial charge is 0.248 e. The van der Waals surface area contributed by atoms with Crippen molar-refractivity contribution in [2.75, 3.05) is 5.32 Å². The van der Waals surface area contributed by atoms with Crippen LogP contribution in [0, 0.1) is 0 Å². The molecular weight excluding hydrogens is 298 g/mol. The molecule has 0 aliphatic rings. The molecule has 0 fully saturated rings. The molecule has 0 aromatic heterocycles. The van der Waals surface area contributed by atoms with E-state index >= 15 is 0 Å². The molecule has 3 nitrogen and oxygen atoms in total. The third kappa shape index (κ3) is 4.93. The minimum atomic E-state index is -0.221. The van der Waals surface area contributed by atoms with Crippen LogP contribution in [0.25, 0.3) is 6.08 Å². The molecule has 0 unspecified atom stereocenters. The van der Waals surface area contributed by atoms with Crippen molar-refractivity contribution in [3.8, 4) is 5.75 Å². The lowest BCUT2D eigenvalue weighted by atomic mass is 10.2. The summed E-state index contributed by atoms with van der Waals surface area (Å²) in [6, 6.07) is 14.7. The fraction of sp³-hybridized carbons (Fsp3) is 0.167. The van der Waals surface area contributed by atoms with Gasteiger partial charge in [-0.3, -0.25) is 4.79 Å². The summed E-state index contributed by atoms with van der Waals surface area (Å²) in [6.45, 7) is 3.91. The highest BCUT2D eigenvalue weighted by Gasteiger charge is 2.02. The van der Waals surface area contributed by atoms with Gasteiger partial charge in [-0.05, 0) is 43.7 Å². The SMILES string of the molecule is CC(C)Oc1cccc(NC(=O)/C=C/c2ccccc2Cl)c1. The maximum atomic E-state index is 11.9. The van der Waals surface area contributed by atoms with E-state index in [-0.39, 0.29) is 12.0 Å². The molecule has 0 aliphatic carbocycles. The summed E-state index contributed by atoms with van der Waals surface area (Å²) in [4.78, 5) is 11.9. The topological polar surface area (TPSA) is 38.3 Å². The number of nitrogens with one attached hydrogen (secondary N) is 1. The molecule has 0 radical (unpaired) electrons. The molecule has 0 saturated heterocycles. The lowest BCUT2D eigenvalue weighted by Crippen LogP contribution is -2.09. The number of rotatable bonds is 5. The Labute approximate surface area is 135 Å². The highest BCUT2D eigenvalue weighted by atomic mass is 35.5. The summed E-state index contributed by atoms with van der Waals surface area (Å²) < 4.78 is 5.59. The van der Waals surface area contributed by atoms with Gasteiger partial charge in [-0.25, -0.2) is 0 Å². The van der Waals surface area contributed by atoms with E-state index in [4.69, 9.17) is 16.3 Å². The van der Waals surface area contributed by atoms with E-state index < -0.39 is 0 Å². The maximum absolute atomic E-state index is 11.9. The first-order chi connectivity index (χ1) is 10.5. The Hall–Kier alpha value is -2.26. The number of hydrogen-bond acceptors (Lipinski definition) is 2. The molecule has 0 atom stereocenters. The summed E-state index contributed by atoms with van der Waals surface area (Å²) >= 11 is 6.04. The van der Waals surface area contributed by atoms with Crippen LogP contribution < -0.4 is 10.1 Å². The van der Waals surface area contributed by atoms with Crippen molar-refractivity contribution in [2.24, 2.45) is 0 Å². The highest BCUT2D eigenvalue weighted by molar-refractivity contribution is 6.32. The highest BCUT2D eigenvalue weighted by Crippen LogP contribution is 2.19. The van der Waals surface area contributed by atoms with Gasteiger partial charge in [-0.15, -0.1) is 0 Å². The number of anilines is 1. The number of carbonyl (C=O) groups excluding carboxylic acids is 1. The Balaban J connectivity index is 2.02. The van der Waals surface area contributed by atoms with Gasteiger partial charge in [0.05, 0.1) is 6.10 Å². The number of benzene rings is 2. The molecule has 1 amide bonds. The summed E-state index contributed by atoms with van der Waals surface area (Å²) in [6.07, 6.45) is 3.23. The summed E-state index contributed by atoms with van der Waals surface area (Å²) in [7, 11) is 0. The fourth-order valence-corrected chi connectivity index (χ4v) is 2.08. The molecule has 2 rings (SSSR count). The van der Waals surface area contributed by atoms with Crippen LogP contribution in [-0.4, -0.2) is 12.0 Å². The van der Waals surface area contributed by atoms with E-state index in [0.29, 0.717) is 10.7 Å². The van der Waals surface area contributed by atoms with Crippen molar-refractivity contribution in [3.05, 3.63) is 65.2 Å². The van der Waals surface area contributed by atoms with Crippen LogP contribution in [0.5, 0.6) is 5.75 Å². The van der Waals surface area contributed by atoms with Gasteiger partial charge in [0.2, 0.25) is 5.91 Å². The zero-order chi connectivity index (χ0) is 15.9. The number of ether oxygens (including phenoxy) is 1. The Morgan fingerprint density at radius 3 is 2.68 bits per heavy atom. The van der Waals surface area contributed by atoms with Gasteiger partial charge < -0.3 is 10.1 Å². The van der Waals surface area contributed by atoms with Gasteiger partial charge in [-0.1, -0.05) is 35.9 Å². The summed E-state index contributed by atoms with van der Waals surface area (Å²) in [5, 5.41) is 3.41. The van der Waals surface area contributed by atoms with E-state index in [2.05, 4.69) is 5.32 Å². The summed E-state index contributed by atoms with van der Waals surface area (Å²) in [5.74, 6) is 0.504. The lowest BCUT2D eigenvalue weighted by Gasteiger charge is -2.10. The summed E-state index contributed by atoms with van der Waals surface area (Å²) in [5.41, 5.74) is 1.49. The number of hydrogen-bond donors (Lipinski definition) is 1. The molecule has 114 valence electrons. The van der Waals surface area contributed by atoms with Gasteiger partial charge in [0.15, 0.2) is 0 Å². The molecule has 0 saturated carbocycles. The van der Waals surface area contributed by atoms with Crippen molar-refractivity contribution in [1.29, 1.82) is 0 Å². The quantitative estimate of drug-likeness (QED) is 0.806. The Kier molecular flexibility index (Phi) is 5.61. The van der Waals surface area contributed by atoms with E-state index in [9.17, 15) is 4.79 Å². The van der Waals surface area contributed by atoms with Gasteiger partial charge in [0, 0.05) is 22.9 Å². The maximum Gasteiger partial charge on any atom is 0.248 e. The molecule has 0 bridgehead atoms. The van der Waals surface area contributed by atoms with Crippen molar-refractivity contribution in [1.82, 2.24) is 0 Å². The molecule has 2 aromatic rings. The van der Waals surface area contributed by atoms with Crippen LogP contribution in [0.2, 0.25) is 5.02 Å². The molecule has 22 heavy (non-hydrogen) atoms. The number of halogens is 1. The van der Waals surface area contributed by atoms with Gasteiger partial charge in [0.25, 0.3) is 0 Å². The second-order valence-corrected chi connectivity index (χ2v) is 5.45. The van der Waals surface area contributed by atoms with E-state index in [1.54, 1.807) is 18.2 Å². The predicted octanol–water partition coefficient (Wildman–Crippen LogP) is 4.78. The van der Waals surface area contributed by atoms with Crippen molar-refractivity contribution < 1.29 is 9.53 Å². The van der Waals surface area contributed by atoms with Gasteiger partial charge in [0.1, 0.15) is 5.75 Å². The number of amides is 1. The average Bonchev–Trinajstić information content (AvgIpc) is 2.46. The van der Waals surface area contributed by atoms with Crippen LogP contribution in [0.1, 0.15) is 19.4 Å². The third-order valence-corrected chi connectivity index (χ3v) is 3.14. The standard InChI is InChI=1S/C18H18ClNO2/c1-13(2)22-16-8-5-7-15(12-16)20-18(21)11-10-14-6-3-4-9-17(14)19/h3-13H,1-2H3,(H,20,21)/b11-10+. The normalized spacial score (nSPS) is 10.9. The van der Waals surface area contributed by atoms with Crippen molar-refractivity contribution in [3.63, 3.8) is 0 Å². The molecule has 0 spiro atoms. The first-order valence-corrected chi connectivity index (χ1v) is 7.42. The Morgan fingerprint density at radius 2 is 1.95 bits per heavy atom. The van der Waals surface area contributed by atoms with Crippen molar-refractivity contribution >= 4 is 29.3 Å². The van der Waals surface area contributed by atoms with Gasteiger partial charge >= 0.3 is 0 Å². The van der Waals surface area contributed by atoms with E-state index in [1.807, 2.05) is 50.2 Å². The number of carbonyl (C=O) groups is 1. The largest absolute Gasteiger partial charge is 0.491 e. The molecule has 4 heteroatoms. The molecule has 1 N–H and O–H groups in total. The first-order valence-electron chi connectivity index (χ1n) is 7.05. The Bertz CT molecular complexity index is 680. The lowest BCUT2D eigenvalue weighted by molar-refractivity contribution is -0.111. The van der Waals surface area contributed by atoms with Crippen molar-refractivity contribution in [2.45, 2.75) is 20.0 Å². The monoisotopic (exact) mass is 315 g/mol. The molecule has 0 heterocycles. The Morgan fingerprint density at radius 1 is 1.18 bits per heavy atom. The minimum absolute atomic E-state index is 0.0890. The van der Waals surface area contributed by atoms with E-state index in [1.165, 1.54) is 6.08 Å². The fourth-order valence-electron chi connectivity index (χ4n) is 1.88. The predicted molar refractivity (Wildman–Crippen MR) is 91.3 cm³/mol. The zero-order valence-electron chi connectivity index (χ0n) is 12.5. The van der Waals surface area contributed by atoms with Crippen LogP contribution in [-0.2, 0) is 4.79 Å². The average molecular weight is 316 g/mol. The molecule has 2 aromatic carbocycles. The van der Waals surface area contributed by atoms with Gasteiger partial charge in [-0.2, -0.15) is 0 Å². The van der Waals surface area contributed by atoms with Crippen LogP contribution in [0.4, 0.5) is 5.69 Å². The first kappa shape index (κ1) is 16.1. The van der Waals surface area contributed by atoms with Crippen LogP contribution >= 0.6 is 11.6 Å². The van der Waals surface area contributed by atoms with E-state index in [0.717, 1.165) is 11.3 Å². The van der Waals surface area contributed by atoms with Crippen LogP contribution in [0.15, 0.2) is 54.6 Å². The molecule has 0 aliphatic heterocycles. The zero-order valence-corrected chi connectivity index (χ0v) is 13.3. The molecular formula is C18H18ClNO2.